The van der Waals surface area contributed by atoms with Crippen LogP contribution in [0, 0.1) is 0 Å². The summed E-state index contributed by atoms with van der Waals surface area (Å²) >= 11 is 0. The van der Waals surface area contributed by atoms with Crippen LogP contribution in [-0.2, 0) is 0 Å². The number of aliphatic hydroxyl groups excluding tert-OH is 2. The molecule has 0 saturated heterocycles. The molecule has 1 unspecified atom stereocenters. The summed E-state index contributed by atoms with van der Waals surface area (Å²) in [5.74, 6) is 1.51. The molecular weight excluding hydrogens is 216 g/mol. The molecule has 1 aliphatic carbocycles. The molecule has 0 aliphatic heterocycles. The SMILES string of the molecule is CO.OC1C=CC=C(Oc2ccccc2)C=C1. The predicted molar refractivity (Wildman–Crippen MR) is 67.6 cm³/mol. The van der Waals surface area contributed by atoms with E-state index in [1.807, 2.05) is 36.4 Å². The molecule has 0 radical (unpaired) electrons. The van der Waals surface area contributed by atoms with Crippen LogP contribution in [0.2, 0.25) is 0 Å². The van der Waals surface area contributed by atoms with E-state index in [-0.39, 0.29) is 0 Å². The summed E-state index contributed by atoms with van der Waals surface area (Å²) in [6, 6.07) is 9.55. The number of benzene rings is 1. The summed E-state index contributed by atoms with van der Waals surface area (Å²) in [7, 11) is 1.00. The number of hydrogen-bond acceptors (Lipinski definition) is 3. The van der Waals surface area contributed by atoms with Crippen LogP contribution in [0.1, 0.15) is 0 Å². The third-order valence-electron chi connectivity index (χ3n) is 2.01. The minimum Gasteiger partial charge on any atom is -0.457 e. The van der Waals surface area contributed by atoms with Crippen molar-refractivity contribution in [3.05, 3.63) is 66.5 Å². The van der Waals surface area contributed by atoms with Gasteiger partial charge in [0, 0.05) is 7.11 Å². The Balaban J connectivity index is 0.000000686. The fourth-order valence-electron chi connectivity index (χ4n) is 1.27. The highest BCUT2D eigenvalue weighted by Gasteiger charge is 2.00. The summed E-state index contributed by atoms with van der Waals surface area (Å²) in [6.07, 6.45) is 8.20. The number of allylic oxidation sites excluding steroid dienone is 3. The Labute approximate surface area is 101 Å². The molecule has 0 amide bonds. The largest absolute Gasteiger partial charge is 0.457 e. The minimum atomic E-state index is -0.530. The van der Waals surface area contributed by atoms with E-state index in [1.165, 1.54) is 0 Å². The van der Waals surface area contributed by atoms with E-state index in [0.717, 1.165) is 12.9 Å². The van der Waals surface area contributed by atoms with Crippen LogP contribution in [0.4, 0.5) is 0 Å². The lowest BCUT2D eigenvalue weighted by Crippen LogP contribution is -1.95. The van der Waals surface area contributed by atoms with Crippen molar-refractivity contribution >= 4 is 0 Å². The highest BCUT2D eigenvalue weighted by molar-refractivity contribution is 5.31. The van der Waals surface area contributed by atoms with Gasteiger partial charge in [0.2, 0.25) is 0 Å². The zero-order valence-corrected chi connectivity index (χ0v) is 9.65. The van der Waals surface area contributed by atoms with Gasteiger partial charge in [-0.1, -0.05) is 30.4 Å². The second kappa shape index (κ2) is 7.44. The summed E-state index contributed by atoms with van der Waals surface area (Å²) < 4.78 is 5.60. The normalized spacial score (nSPS) is 17.6. The van der Waals surface area contributed by atoms with Crippen LogP contribution in [0.25, 0.3) is 0 Å². The molecule has 3 nitrogen and oxygen atoms in total. The van der Waals surface area contributed by atoms with Gasteiger partial charge >= 0.3 is 0 Å². The van der Waals surface area contributed by atoms with Crippen LogP contribution < -0.4 is 4.74 Å². The van der Waals surface area contributed by atoms with Crippen LogP contribution >= 0.6 is 0 Å². The predicted octanol–water partition coefficient (Wildman–Crippen LogP) is 2.04. The third kappa shape index (κ3) is 4.68. The molecule has 0 saturated carbocycles. The Hall–Kier alpha value is -1.84. The first kappa shape index (κ1) is 13.2. The summed E-state index contributed by atoms with van der Waals surface area (Å²) in [4.78, 5) is 0. The van der Waals surface area contributed by atoms with Gasteiger partial charge in [0.05, 0.1) is 6.10 Å². The average molecular weight is 232 g/mol. The second-order valence-electron chi connectivity index (χ2n) is 3.22. The maximum atomic E-state index is 9.31. The Bertz CT molecular complexity index is 405. The van der Waals surface area contributed by atoms with E-state index in [2.05, 4.69) is 0 Å². The summed E-state index contributed by atoms with van der Waals surface area (Å²) in [5, 5.41) is 16.3. The topological polar surface area (TPSA) is 49.7 Å². The van der Waals surface area contributed by atoms with Crippen LogP contribution in [0.3, 0.4) is 0 Å². The van der Waals surface area contributed by atoms with Crippen LogP contribution in [0.5, 0.6) is 5.75 Å². The number of hydrogen-bond donors (Lipinski definition) is 2. The molecule has 1 aromatic carbocycles. The molecule has 0 bridgehead atoms. The molecule has 1 atom stereocenters. The maximum absolute atomic E-state index is 9.31. The molecule has 3 heteroatoms. The standard InChI is InChI=1S/C13H12O2.CH4O/c14-11-5-4-8-13(10-9-11)15-12-6-2-1-3-7-12;1-2/h1-11,14H;2H,1H3. The third-order valence-corrected chi connectivity index (χ3v) is 2.01. The van der Waals surface area contributed by atoms with Crippen molar-refractivity contribution in [1.29, 1.82) is 0 Å². The Morgan fingerprint density at radius 3 is 2.47 bits per heavy atom. The number of para-hydroxylation sites is 1. The first-order valence-electron chi connectivity index (χ1n) is 5.27. The Kier molecular flexibility index (Phi) is 5.79. The van der Waals surface area contributed by atoms with E-state index in [9.17, 15) is 5.11 Å². The van der Waals surface area contributed by atoms with Gasteiger partial charge in [-0.2, -0.15) is 0 Å². The fourth-order valence-corrected chi connectivity index (χ4v) is 1.27. The molecule has 0 aromatic heterocycles. The molecule has 90 valence electrons. The van der Waals surface area contributed by atoms with E-state index >= 15 is 0 Å². The lowest BCUT2D eigenvalue weighted by Gasteiger charge is -2.04. The van der Waals surface area contributed by atoms with Gasteiger partial charge in [0.25, 0.3) is 0 Å². The van der Waals surface area contributed by atoms with Gasteiger partial charge in [-0.3, -0.25) is 0 Å². The first-order valence-corrected chi connectivity index (χ1v) is 5.27. The lowest BCUT2D eigenvalue weighted by atomic mass is 10.3. The monoisotopic (exact) mass is 232 g/mol. The highest BCUT2D eigenvalue weighted by atomic mass is 16.5. The fraction of sp³-hybridized carbons (Fsp3) is 0.143. The lowest BCUT2D eigenvalue weighted by molar-refractivity contribution is 0.271. The highest BCUT2D eigenvalue weighted by Crippen LogP contribution is 2.15. The zero-order chi connectivity index (χ0) is 12.5. The van der Waals surface area contributed by atoms with Crippen molar-refractivity contribution in [2.45, 2.75) is 6.10 Å². The quantitative estimate of drug-likeness (QED) is 0.820. The second-order valence-corrected chi connectivity index (χ2v) is 3.22. The van der Waals surface area contributed by atoms with Gasteiger partial charge in [-0.25, -0.2) is 0 Å². The van der Waals surface area contributed by atoms with Crippen LogP contribution in [0.15, 0.2) is 66.5 Å². The zero-order valence-electron chi connectivity index (χ0n) is 9.65. The average Bonchev–Trinajstić information content (AvgIpc) is 2.58. The smallest absolute Gasteiger partial charge is 0.127 e. The minimum absolute atomic E-state index is 0.530. The van der Waals surface area contributed by atoms with E-state index < -0.39 is 6.10 Å². The molecule has 0 spiro atoms. The molecule has 2 N–H and O–H groups in total. The summed E-state index contributed by atoms with van der Waals surface area (Å²) in [5.41, 5.74) is 0. The number of rotatable bonds is 2. The van der Waals surface area contributed by atoms with Crippen molar-refractivity contribution < 1.29 is 14.9 Å². The molecular formula is C14H16O3. The molecule has 17 heavy (non-hydrogen) atoms. The molecule has 0 heterocycles. The van der Waals surface area contributed by atoms with Gasteiger partial charge in [0.1, 0.15) is 11.5 Å². The first-order chi connectivity index (χ1) is 8.34. The molecule has 1 aromatic rings. The van der Waals surface area contributed by atoms with Crippen LogP contribution in [-0.4, -0.2) is 23.4 Å². The Morgan fingerprint density at radius 1 is 1.06 bits per heavy atom. The van der Waals surface area contributed by atoms with Crippen molar-refractivity contribution in [3.8, 4) is 5.75 Å². The number of aliphatic hydroxyl groups is 2. The van der Waals surface area contributed by atoms with Gasteiger partial charge in [-0.15, -0.1) is 0 Å². The van der Waals surface area contributed by atoms with E-state index in [0.29, 0.717) is 5.76 Å². The Morgan fingerprint density at radius 2 is 1.76 bits per heavy atom. The maximum Gasteiger partial charge on any atom is 0.127 e. The molecule has 1 aliphatic rings. The van der Waals surface area contributed by atoms with Crippen molar-refractivity contribution in [1.82, 2.24) is 0 Å². The van der Waals surface area contributed by atoms with Gasteiger partial charge < -0.3 is 14.9 Å². The molecule has 0 fully saturated rings. The molecule has 2 rings (SSSR count). The number of ether oxygens (including phenoxy) is 1. The van der Waals surface area contributed by atoms with Crippen molar-refractivity contribution in [3.63, 3.8) is 0 Å². The van der Waals surface area contributed by atoms with Gasteiger partial charge in [0.15, 0.2) is 0 Å². The van der Waals surface area contributed by atoms with E-state index in [1.54, 1.807) is 24.3 Å². The van der Waals surface area contributed by atoms with E-state index in [4.69, 9.17) is 9.84 Å². The van der Waals surface area contributed by atoms with Crippen molar-refractivity contribution in [2.75, 3.05) is 7.11 Å². The van der Waals surface area contributed by atoms with Crippen molar-refractivity contribution in [2.24, 2.45) is 0 Å². The van der Waals surface area contributed by atoms with Gasteiger partial charge in [-0.05, 0) is 30.4 Å². The summed E-state index contributed by atoms with van der Waals surface area (Å²) in [6.45, 7) is 0.